The van der Waals surface area contributed by atoms with E-state index in [2.05, 4.69) is 15.9 Å². The lowest BCUT2D eigenvalue weighted by Gasteiger charge is -2.13. The van der Waals surface area contributed by atoms with Gasteiger partial charge in [0.15, 0.2) is 4.67 Å². The standard InChI is InChI=1S/C9H11BrN2O2/c10-8-2-1-6(14-8)5-12-4-3-7(11)9(12)13/h1-2,7H,3-5,11H2. The zero-order valence-electron chi connectivity index (χ0n) is 7.57. The second-order valence-electron chi connectivity index (χ2n) is 3.36. The van der Waals surface area contributed by atoms with Gasteiger partial charge in [-0.2, -0.15) is 0 Å². The van der Waals surface area contributed by atoms with Gasteiger partial charge in [0.25, 0.3) is 0 Å². The first kappa shape index (κ1) is 9.73. The molecule has 0 aliphatic carbocycles. The van der Waals surface area contributed by atoms with Gasteiger partial charge in [0.1, 0.15) is 5.76 Å². The maximum absolute atomic E-state index is 11.5. The van der Waals surface area contributed by atoms with E-state index < -0.39 is 0 Å². The first-order chi connectivity index (χ1) is 6.66. The van der Waals surface area contributed by atoms with E-state index in [1.165, 1.54) is 0 Å². The van der Waals surface area contributed by atoms with Crippen LogP contribution in [0.4, 0.5) is 0 Å². The summed E-state index contributed by atoms with van der Waals surface area (Å²) in [5.41, 5.74) is 5.60. The number of carbonyl (C=O) groups is 1. The molecule has 0 saturated carbocycles. The second kappa shape index (κ2) is 3.74. The molecule has 5 heteroatoms. The van der Waals surface area contributed by atoms with Crippen molar-refractivity contribution in [2.75, 3.05) is 6.54 Å². The quantitative estimate of drug-likeness (QED) is 0.865. The van der Waals surface area contributed by atoms with E-state index >= 15 is 0 Å². The van der Waals surface area contributed by atoms with Gasteiger partial charge in [-0.25, -0.2) is 0 Å². The summed E-state index contributed by atoms with van der Waals surface area (Å²) in [6, 6.07) is 3.34. The number of nitrogens with zero attached hydrogens (tertiary/aromatic N) is 1. The Balaban J connectivity index is 2.02. The summed E-state index contributed by atoms with van der Waals surface area (Å²) < 4.78 is 5.99. The number of furan rings is 1. The number of carbonyl (C=O) groups excluding carboxylic acids is 1. The SMILES string of the molecule is NC1CCN(Cc2ccc(Br)o2)C1=O. The van der Waals surface area contributed by atoms with Gasteiger partial charge in [-0.05, 0) is 34.5 Å². The summed E-state index contributed by atoms with van der Waals surface area (Å²) in [7, 11) is 0. The van der Waals surface area contributed by atoms with Gasteiger partial charge in [0.2, 0.25) is 5.91 Å². The molecule has 14 heavy (non-hydrogen) atoms. The maximum Gasteiger partial charge on any atom is 0.239 e. The second-order valence-corrected chi connectivity index (χ2v) is 4.14. The highest BCUT2D eigenvalue weighted by molar-refractivity contribution is 9.10. The average Bonchev–Trinajstić information content (AvgIpc) is 2.67. The molecule has 1 aliphatic rings. The average molecular weight is 259 g/mol. The van der Waals surface area contributed by atoms with Crippen molar-refractivity contribution in [3.8, 4) is 0 Å². The fourth-order valence-corrected chi connectivity index (χ4v) is 1.88. The molecular weight excluding hydrogens is 248 g/mol. The van der Waals surface area contributed by atoms with Gasteiger partial charge in [0.05, 0.1) is 12.6 Å². The predicted molar refractivity (Wildman–Crippen MR) is 54.4 cm³/mol. The van der Waals surface area contributed by atoms with Crippen molar-refractivity contribution >= 4 is 21.8 Å². The molecule has 1 aromatic rings. The monoisotopic (exact) mass is 258 g/mol. The Morgan fingerprint density at radius 1 is 1.64 bits per heavy atom. The summed E-state index contributed by atoms with van der Waals surface area (Å²) in [5.74, 6) is 0.789. The van der Waals surface area contributed by atoms with E-state index in [1.807, 2.05) is 12.1 Å². The van der Waals surface area contributed by atoms with Crippen molar-refractivity contribution in [1.29, 1.82) is 0 Å². The van der Waals surface area contributed by atoms with Gasteiger partial charge in [-0.3, -0.25) is 4.79 Å². The van der Waals surface area contributed by atoms with Crippen LogP contribution >= 0.6 is 15.9 Å². The van der Waals surface area contributed by atoms with Crippen LogP contribution in [0.15, 0.2) is 21.2 Å². The molecule has 1 unspecified atom stereocenters. The molecule has 0 spiro atoms. The van der Waals surface area contributed by atoms with E-state index in [0.29, 0.717) is 11.2 Å². The molecule has 0 aromatic carbocycles. The lowest BCUT2D eigenvalue weighted by atomic mass is 10.3. The predicted octanol–water partition coefficient (Wildman–Crippen LogP) is 1.10. The van der Waals surface area contributed by atoms with Gasteiger partial charge >= 0.3 is 0 Å². The van der Waals surface area contributed by atoms with E-state index in [-0.39, 0.29) is 11.9 Å². The highest BCUT2D eigenvalue weighted by atomic mass is 79.9. The van der Waals surface area contributed by atoms with Crippen molar-refractivity contribution < 1.29 is 9.21 Å². The Hall–Kier alpha value is -0.810. The fraction of sp³-hybridized carbons (Fsp3) is 0.444. The number of hydrogen-bond donors (Lipinski definition) is 1. The van der Waals surface area contributed by atoms with Crippen molar-refractivity contribution in [2.45, 2.75) is 19.0 Å². The lowest BCUT2D eigenvalue weighted by molar-refractivity contribution is -0.129. The van der Waals surface area contributed by atoms with Gasteiger partial charge < -0.3 is 15.1 Å². The molecule has 2 N–H and O–H groups in total. The normalized spacial score (nSPS) is 22.0. The smallest absolute Gasteiger partial charge is 0.239 e. The first-order valence-electron chi connectivity index (χ1n) is 4.45. The van der Waals surface area contributed by atoms with E-state index in [9.17, 15) is 4.79 Å². The summed E-state index contributed by atoms with van der Waals surface area (Å²) in [6.07, 6.45) is 0.737. The molecule has 1 aromatic heterocycles. The Kier molecular flexibility index (Phi) is 2.60. The molecular formula is C9H11BrN2O2. The van der Waals surface area contributed by atoms with Crippen LogP contribution in [0, 0.1) is 0 Å². The summed E-state index contributed by atoms with van der Waals surface area (Å²) in [5, 5.41) is 0. The fourth-order valence-electron chi connectivity index (χ4n) is 1.54. The van der Waals surface area contributed by atoms with Crippen LogP contribution in [-0.4, -0.2) is 23.4 Å². The zero-order chi connectivity index (χ0) is 10.1. The van der Waals surface area contributed by atoms with Crippen LogP contribution < -0.4 is 5.73 Å². The third-order valence-corrected chi connectivity index (χ3v) is 2.74. The number of hydrogen-bond acceptors (Lipinski definition) is 3. The summed E-state index contributed by atoms with van der Waals surface area (Å²) in [4.78, 5) is 13.2. The first-order valence-corrected chi connectivity index (χ1v) is 5.24. The molecule has 76 valence electrons. The number of rotatable bonds is 2. The number of likely N-dealkylation sites (tertiary alicyclic amines) is 1. The van der Waals surface area contributed by atoms with Crippen molar-refractivity contribution in [2.24, 2.45) is 5.73 Å². The topological polar surface area (TPSA) is 59.5 Å². The van der Waals surface area contributed by atoms with Crippen LogP contribution in [0.3, 0.4) is 0 Å². The van der Waals surface area contributed by atoms with Crippen molar-refractivity contribution in [3.63, 3.8) is 0 Å². The highest BCUT2D eigenvalue weighted by Gasteiger charge is 2.28. The van der Waals surface area contributed by atoms with Crippen LogP contribution in [0.5, 0.6) is 0 Å². The van der Waals surface area contributed by atoms with Crippen LogP contribution in [-0.2, 0) is 11.3 Å². The van der Waals surface area contributed by atoms with Crippen LogP contribution in [0.1, 0.15) is 12.2 Å². The largest absolute Gasteiger partial charge is 0.452 e. The van der Waals surface area contributed by atoms with Gasteiger partial charge in [-0.1, -0.05) is 0 Å². The number of nitrogens with two attached hydrogens (primary N) is 1. The molecule has 1 saturated heterocycles. The molecule has 0 radical (unpaired) electrons. The number of halogens is 1. The lowest BCUT2D eigenvalue weighted by Crippen LogP contribution is -2.33. The molecule has 1 atom stereocenters. The summed E-state index contributed by atoms with van der Waals surface area (Å²) in [6.45, 7) is 1.23. The molecule has 2 rings (SSSR count). The third-order valence-electron chi connectivity index (χ3n) is 2.31. The molecule has 4 nitrogen and oxygen atoms in total. The number of amides is 1. The minimum atomic E-state index is -0.326. The van der Waals surface area contributed by atoms with E-state index in [1.54, 1.807) is 4.90 Å². The van der Waals surface area contributed by atoms with E-state index in [4.69, 9.17) is 10.2 Å². The maximum atomic E-state index is 11.5. The van der Waals surface area contributed by atoms with Crippen LogP contribution in [0.25, 0.3) is 0 Å². The van der Waals surface area contributed by atoms with Gasteiger partial charge in [-0.15, -0.1) is 0 Å². The highest BCUT2D eigenvalue weighted by Crippen LogP contribution is 2.18. The minimum Gasteiger partial charge on any atom is -0.452 e. The Morgan fingerprint density at radius 3 is 2.93 bits per heavy atom. The third kappa shape index (κ3) is 1.83. The molecule has 1 amide bonds. The van der Waals surface area contributed by atoms with Crippen LogP contribution in [0.2, 0.25) is 0 Å². The Bertz CT molecular complexity index is 350. The Morgan fingerprint density at radius 2 is 2.43 bits per heavy atom. The van der Waals surface area contributed by atoms with Crippen molar-refractivity contribution in [1.82, 2.24) is 4.90 Å². The molecule has 1 fully saturated rings. The molecule has 1 aliphatic heterocycles. The minimum absolute atomic E-state index is 0.0116. The molecule has 2 heterocycles. The summed E-state index contributed by atoms with van der Waals surface area (Å²) >= 11 is 3.21. The van der Waals surface area contributed by atoms with Crippen molar-refractivity contribution in [3.05, 3.63) is 22.6 Å². The zero-order valence-corrected chi connectivity index (χ0v) is 9.16. The van der Waals surface area contributed by atoms with E-state index in [0.717, 1.165) is 18.7 Å². The van der Waals surface area contributed by atoms with Gasteiger partial charge in [0, 0.05) is 6.54 Å². The Labute approximate surface area is 90.2 Å². The molecule has 0 bridgehead atoms.